The van der Waals surface area contributed by atoms with E-state index in [0.29, 0.717) is 18.9 Å². The summed E-state index contributed by atoms with van der Waals surface area (Å²) < 4.78 is 12.7. The molecule has 5 heteroatoms. The lowest BCUT2D eigenvalue weighted by Gasteiger charge is -2.31. The summed E-state index contributed by atoms with van der Waals surface area (Å²) in [4.78, 5) is 24.3. The van der Waals surface area contributed by atoms with Crippen molar-refractivity contribution in [3.63, 3.8) is 0 Å². The zero-order valence-electron chi connectivity index (χ0n) is 13.2. The van der Waals surface area contributed by atoms with Gasteiger partial charge >= 0.3 is 0 Å². The number of halogens is 1. The first-order chi connectivity index (χ1) is 10.7. The van der Waals surface area contributed by atoms with Gasteiger partial charge in [-0.3, -0.25) is 9.59 Å². The lowest BCUT2D eigenvalue weighted by Crippen LogP contribution is -2.37. The number of rotatable bonds is 2. The fourth-order valence-electron chi connectivity index (χ4n) is 4.74. The quantitative estimate of drug-likeness (QED) is 0.821. The Hall–Kier alpha value is -0.970. The highest BCUT2D eigenvalue weighted by atomic mass is 19.1. The van der Waals surface area contributed by atoms with Gasteiger partial charge in [0.1, 0.15) is 6.67 Å². The van der Waals surface area contributed by atoms with Crippen LogP contribution in [0.3, 0.4) is 0 Å². The van der Waals surface area contributed by atoms with Crippen molar-refractivity contribution in [2.24, 2.45) is 11.3 Å². The Labute approximate surface area is 131 Å². The number of alkyl halides is 1. The van der Waals surface area contributed by atoms with Crippen molar-refractivity contribution >= 4 is 11.7 Å². The summed E-state index contributed by atoms with van der Waals surface area (Å²) in [6.07, 6.45) is 9.93. The monoisotopic (exact) mass is 310 g/mol. The van der Waals surface area contributed by atoms with E-state index in [1.54, 1.807) is 0 Å². The normalized spacial score (nSPS) is 39.5. The van der Waals surface area contributed by atoms with Crippen LogP contribution in [-0.4, -0.2) is 37.0 Å². The number of nitrogens with one attached hydrogen (secondary N) is 2. The summed E-state index contributed by atoms with van der Waals surface area (Å²) in [7, 11) is 0. The molecule has 2 N–H and O–H groups in total. The summed E-state index contributed by atoms with van der Waals surface area (Å²) in [6.45, 7) is -0.417. The molecule has 22 heavy (non-hydrogen) atoms. The average Bonchev–Trinajstić information content (AvgIpc) is 3.08. The molecule has 2 heterocycles. The standard InChI is InChI=1S/C17H27FN2O2/c18-10-15(21)14-9-17(11-19-14)12-7-5-3-1-2-4-6-8-13(12)20-16(17)22/h12-14,19H,1-11H2,(H,20,22). The molecule has 1 aliphatic carbocycles. The van der Waals surface area contributed by atoms with Crippen LogP contribution in [0.4, 0.5) is 4.39 Å². The number of fused-ring (bicyclic) bond motifs is 2. The largest absolute Gasteiger partial charge is 0.353 e. The Morgan fingerprint density at radius 3 is 2.55 bits per heavy atom. The fraction of sp³-hybridized carbons (Fsp3) is 0.882. The number of amides is 1. The molecule has 124 valence electrons. The lowest BCUT2D eigenvalue weighted by atomic mass is 9.70. The van der Waals surface area contributed by atoms with Gasteiger partial charge in [-0.25, -0.2) is 4.39 Å². The number of carbonyl (C=O) groups is 2. The minimum atomic E-state index is -0.941. The molecule has 3 aliphatic rings. The van der Waals surface area contributed by atoms with Crippen molar-refractivity contribution in [2.75, 3.05) is 13.2 Å². The maximum atomic E-state index is 12.7. The molecule has 2 saturated heterocycles. The van der Waals surface area contributed by atoms with Gasteiger partial charge in [-0.05, 0) is 25.2 Å². The highest BCUT2D eigenvalue weighted by Gasteiger charge is 2.58. The summed E-state index contributed by atoms with van der Waals surface area (Å²) in [5.74, 6) is -0.0283. The van der Waals surface area contributed by atoms with Gasteiger partial charge in [0.15, 0.2) is 5.78 Å². The Morgan fingerprint density at radius 1 is 1.14 bits per heavy atom. The van der Waals surface area contributed by atoms with E-state index < -0.39 is 23.9 Å². The molecule has 4 unspecified atom stereocenters. The first-order valence-electron chi connectivity index (χ1n) is 8.80. The molecule has 3 rings (SSSR count). The molecule has 0 bridgehead atoms. The SMILES string of the molecule is O=C(CF)C1CC2(CN1)C(=O)NC1CCCCCCCCC12. The molecule has 1 amide bonds. The van der Waals surface area contributed by atoms with Crippen LogP contribution >= 0.6 is 0 Å². The predicted octanol–water partition coefficient (Wildman–Crippen LogP) is 2.12. The Kier molecular flexibility index (Phi) is 4.81. The molecule has 0 aromatic heterocycles. The summed E-state index contributed by atoms with van der Waals surface area (Å²) in [5.41, 5.74) is -0.487. The third-order valence-electron chi connectivity index (χ3n) is 6.00. The Balaban J connectivity index is 1.77. The van der Waals surface area contributed by atoms with Crippen molar-refractivity contribution < 1.29 is 14.0 Å². The highest BCUT2D eigenvalue weighted by Crippen LogP contribution is 2.47. The van der Waals surface area contributed by atoms with Crippen LogP contribution in [0.1, 0.15) is 57.8 Å². The third kappa shape index (κ3) is 2.80. The van der Waals surface area contributed by atoms with Crippen LogP contribution in [0.15, 0.2) is 0 Å². The molecule has 0 radical (unpaired) electrons. The van der Waals surface area contributed by atoms with Gasteiger partial charge in [0.05, 0.1) is 11.5 Å². The number of hydrogen-bond donors (Lipinski definition) is 2. The average molecular weight is 310 g/mol. The number of hydrogen-bond acceptors (Lipinski definition) is 3. The molecule has 3 fully saturated rings. The molecule has 2 aliphatic heterocycles. The predicted molar refractivity (Wildman–Crippen MR) is 82.2 cm³/mol. The van der Waals surface area contributed by atoms with Gasteiger partial charge in [-0.15, -0.1) is 0 Å². The van der Waals surface area contributed by atoms with Crippen LogP contribution < -0.4 is 10.6 Å². The molecule has 0 aromatic carbocycles. The van der Waals surface area contributed by atoms with E-state index in [1.165, 1.54) is 25.7 Å². The van der Waals surface area contributed by atoms with Crippen molar-refractivity contribution in [3.05, 3.63) is 0 Å². The summed E-state index contributed by atoms with van der Waals surface area (Å²) in [5, 5.41) is 6.32. The second-order valence-corrected chi connectivity index (χ2v) is 7.28. The van der Waals surface area contributed by atoms with Gasteiger partial charge in [0.2, 0.25) is 5.91 Å². The van der Waals surface area contributed by atoms with E-state index in [0.717, 1.165) is 25.7 Å². The van der Waals surface area contributed by atoms with Crippen molar-refractivity contribution in [1.29, 1.82) is 0 Å². The number of carbonyl (C=O) groups excluding carboxylic acids is 2. The molecule has 0 aromatic rings. The van der Waals surface area contributed by atoms with E-state index in [9.17, 15) is 14.0 Å². The highest BCUT2D eigenvalue weighted by molar-refractivity contribution is 5.91. The Morgan fingerprint density at radius 2 is 1.82 bits per heavy atom. The van der Waals surface area contributed by atoms with Gasteiger partial charge in [-0.2, -0.15) is 0 Å². The smallest absolute Gasteiger partial charge is 0.228 e. The number of Topliss-reactive ketones (excluding diaryl/α,β-unsaturated/α-hetero) is 1. The van der Waals surface area contributed by atoms with E-state index in [2.05, 4.69) is 10.6 Å². The summed E-state index contributed by atoms with van der Waals surface area (Å²) in [6, 6.07) is -0.239. The first kappa shape index (κ1) is 15.9. The van der Waals surface area contributed by atoms with Gasteiger partial charge < -0.3 is 10.6 Å². The van der Waals surface area contributed by atoms with Gasteiger partial charge in [0, 0.05) is 12.6 Å². The molecular formula is C17H27FN2O2. The van der Waals surface area contributed by atoms with Crippen LogP contribution in [0.25, 0.3) is 0 Å². The minimum absolute atomic E-state index is 0.0865. The summed E-state index contributed by atoms with van der Waals surface area (Å²) >= 11 is 0. The van der Waals surface area contributed by atoms with E-state index in [4.69, 9.17) is 0 Å². The maximum Gasteiger partial charge on any atom is 0.228 e. The topological polar surface area (TPSA) is 58.2 Å². The maximum absolute atomic E-state index is 12.7. The Bertz CT molecular complexity index is 442. The zero-order chi connectivity index (χ0) is 15.6. The minimum Gasteiger partial charge on any atom is -0.353 e. The van der Waals surface area contributed by atoms with Crippen molar-refractivity contribution in [2.45, 2.75) is 69.9 Å². The van der Waals surface area contributed by atoms with Crippen molar-refractivity contribution in [1.82, 2.24) is 10.6 Å². The second kappa shape index (κ2) is 6.65. The molecule has 1 saturated carbocycles. The lowest BCUT2D eigenvalue weighted by molar-refractivity contribution is -0.128. The molecular weight excluding hydrogens is 283 g/mol. The van der Waals surface area contributed by atoms with Gasteiger partial charge in [-0.1, -0.05) is 38.5 Å². The van der Waals surface area contributed by atoms with E-state index in [1.807, 2.05) is 0 Å². The van der Waals surface area contributed by atoms with Crippen LogP contribution in [0, 0.1) is 11.3 Å². The van der Waals surface area contributed by atoms with Crippen LogP contribution in [-0.2, 0) is 9.59 Å². The van der Waals surface area contributed by atoms with E-state index in [-0.39, 0.29) is 11.9 Å². The first-order valence-corrected chi connectivity index (χ1v) is 8.80. The number of ketones is 1. The van der Waals surface area contributed by atoms with Crippen LogP contribution in [0.5, 0.6) is 0 Å². The third-order valence-corrected chi connectivity index (χ3v) is 6.00. The second-order valence-electron chi connectivity index (χ2n) is 7.28. The molecule has 1 spiro atoms. The van der Waals surface area contributed by atoms with Gasteiger partial charge in [0.25, 0.3) is 0 Å². The van der Waals surface area contributed by atoms with Crippen LogP contribution in [0.2, 0.25) is 0 Å². The molecule has 4 atom stereocenters. The molecule has 4 nitrogen and oxygen atoms in total. The van der Waals surface area contributed by atoms with E-state index >= 15 is 0 Å². The fourth-order valence-corrected chi connectivity index (χ4v) is 4.74. The van der Waals surface area contributed by atoms with Crippen molar-refractivity contribution in [3.8, 4) is 0 Å². The zero-order valence-corrected chi connectivity index (χ0v) is 13.2.